The van der Waals surface area contributed by atoms with Crippen LogP contribution in [0.25, 0.3) is 0 Å². The number of halogens is 2. The van der Waals surface area contributed by atoms with Gasteiger partial charge in [0.25, 0.3) is 0 Å². The fourth-order valence-corrected chi connectivity index (χ4v) is 5.97. The average molecular weight is 385 g/mol. The van der Waals surface area contributed by atoms with Gasteiger partial charge in [-0.05, 0) is 36.5 Å². The van der Waals surface area contributed by atoms with E-state index in [0.717, 1.165) is 6.42 Å². The molecule has 3 rings (SSSR count). The van der Waals surface area contributed by atoms with Gasteiger partial charge < -0.3 is 5.32 Å². The first-order valence-corrected chi connectivity index (χ1v) is 8.71. The summed E-state index contributed by atoms with van der Waals surface area (Å²) in [6, 6.07) is 7.09. The summed E-state index contributed by atoms with van der Waals surface area (Å²) in [5, 5.41) is 3.53. The summed E-state index contributed by atoms with van der Waals surface area (Å²) in [6.45, 7) is 6.07. The van der Waals surface area contributed by atoms with Crippen LogP contribution in [0.4, 0.5) is 5.69 Å². The quantitative estimate of drug-likeness (QED) is 0.766. The molecule has 1 amide bonds. The van der Waals surface area contributed by atoms with E-state index >= 15 is 0 Å². The molecular weight excluding hydrogens is 366 g/mol. The van der Waals surface area contributed by atoms with Crippen LogP contribution in [-0.4, -0.2) is 16.5 Å². The van der Waals surface area contributed by atoms with Gasteiger partial charge in [-0.3, -0.25) is 9.59 Å². The molecule has 0 aliphatic heterocycles. The van der Waals surface area contributed by atoms with Crippen LogP contribution in [0.15, 0.2) is 24.3 Å². The number of anilines is 1. The van der Waals surface area contributed by atoms with E-state index in [1.165, 1.54) is 0 Å². The van der Waals surface area contributed by atoms with Gasteiger partial charge >= 0.3 is 0 Å². The Morgan fingerprint density at radius 2 is 2.00 bits per heavy atom. The van der Waals surface area contributed by atoms with Gasteiger partial charge in [-0.25, -0.2) is 0 Å². The predicted molar refractivity (Wildman–Crippen MR) is 91.4 cm³/mol. The minimum atomic E-state index is -0.721. The summed E-state index contributed by atoms with van der Waals surface area (Å²) < 4.78 is 0. The molecule has 2 bridgehead atoms. The highest BCUT2D eigenvalue weighted by atomic mass is 79.9. The smallest absolute Gasteiger partial charge is 0.232 e. The molecule has 0 radical (unpaired) electrons. The number of fused-ring (bicyclic) bond motifs is 2. The summed E-state index contributed by atoms with van der Waals surface area (Å²) in [7, 11) is 0. The second kappa shape index (κ2) is 4.81. The maximum Gasteiger partial charge on any atom is 0.232 e. The largest absolute Gasteiger partial charge is 0.325 e. The number of amides is 1. The number of hydrogen-bond donors (Lipinski definition) is 1. The Bertz CT molecular complexity index is 674. The number of nitrogens with one attached hydrogen (secondary N) is 1. The zero-order valence-electron chi connectivity index (χ0n) is 12.9. The predicted octanol–water partition coefficient (Wildman–Crippen LogP) is 4.44. The minimum Gasteiger partial charge on any atom is -0.325 e. The molecule has 2 saturated carbocycles. The zero-order valence-corrected chi connectivity index (χ0v) is 15.2. The lowest BCUT2D eigenvalue weighted by Gasteiger charge is -2.39. The van der Waals surface area contributed by atoms with Crippen LogP contribution in [0, 0.1) is 16.2 Å². The Balaban J connectivity index is 1.99. The van der Waals surface area contributed by atoms with E-state index in [4.69, 9.17) is 11.6 Å². The molecule has 2 aliphatic rings. The maximum atomic E-state index is 13.1. The molecular formula is C17H19BrClNO2. The van der Waals surface area contributed by atoms with E-state index in [2.05, 4.69) is 21.2 Å². The Kier molecular flexibility index (Phi) is 3.50. The van der Waals surface area contributed by atoms with Crippen LogP contribution in [0.5, 0.6) is 0 Å². The summed E-state index contributed by atoms with van der Waals surface area (Å²) >= 11 is 9.50. The number of carbonyl (C=O) groups is 2. The van der Waals surface area contributed by atoms with Crippen molar-refractivity contribution in [1.29, 1.82) is 0 Å². The van der Waals surface area contributed by atoms with E-state index in [9.17, 15) is 9.59 Å². The molecule has 0 aromatic heterocycles. The van der Waals surface area contributed by atoms with Crippen LogP contribution in [0.1, 0.15) is 33.6 Å². The van der Waals surface area contributed by atoms with Crippen molar-refractivity contribution >= 4 is 44.9 Å². The fraction of sp³-hybridized carbons (Fsp3) is 0.529. The number of rotatable bonds is 2. The zero-order chi connectivity index (χ0) is 16.3. The summed E-state index contributed by atoms with van der Waals surface area (Å²) in [4.78, 5) is 25.3. The highest BCUT2D eigenvalue weighted by Crippen LogP contribution is 2.72. The molecule has 22 heavy (non-hydrogen) atoms. The fourth-order valence-electron chi connectivity index (χ4n) is 4.26. The number of ketones is 1. The highest BCUT2D eigenvalue weighted by Gasteiger charge is 2.76. The van der Waals surface area contributed by atoms with E-state index in [1.807, 2.05) is 26.8 Å². The van der Waals surface area contributed by atoms with Gasteiger partial charge in [0.1, 0.15) is 0 Å². The van der Waals surface area contributed by atoms with Crippen LogP contribution >= 0.6 is 27.5 Å². The number of Topliss-reactive ketones (excluding diaryl/α,β-unsaturated/α-hetero) is 1. The lowest BCUT2D eigenvalue weighted by atomic mass is 9.64. The standard InChI is InChI=1S/C17H19BrClNO2/c1-15(2)16(3)7-8-17(15,12(18)13(16)21)14(22)20-11-6-4-5-10(19)9-11/h4-6,9,12H,7-8H2,1-3H3,(H,20,22)/t12-,16-,17-/m1/s1. The molecule has 0 unspecified atom stereocenters. The highest BCUT2D eigenvalue weighted by molar-refractivity contribution is 9.10. The van der Waals surface area contributed by atoms with Crippen molar-refractivity contribution < 1.29 is 9.59 Å². The van der Waals surface area contributed by atoms with Gasteiger partial charge in [-0.15, -0.1) is 0 Å². The lowest BCUT2D eigenvalue weighted by Crippen LogP contribution is -2.47. The van der Waals surface area contributed by atoms with Crippen molar-refractivity contribution in [2.24, 2.45) is 16.2 Å². The molecule has 0 spiro atoms. The number of hydrogen-bond acceptors (Lipinski definition) is 2. The molecule has 0 saturated heterocycles. The maximum absolute atomic E-state index is 13.1. The number of alkyl halides is 1. The van der Waals surface area contributed by atoms with Crippen molar-refractivity contribution in [2.45, 2.75) is 38.4 Å². The van der Waals surface area contributed by atoms with Crippen LogP contribution in [0.3, 0.4) is 0 Å². The van der Waals surface area contributed by atoms with Crippen LogP contribution < -0.4 is 5.32 Å². The molecule has 1 N–H and O–H groups in total. The van der Waals surface area contributed by atoms with Gasteiger partial charge in [0.2, 0.25) is 5.91 Å². The first-order chi connectivity index (χ1) is 10.2. The van der Waals surface area contributed by atoms with Crippen molar-refractivity contribution in [3.63, 3.8) is 0 Å². The van der Waals surface area contributed by atoms with Gasteiger partial charge in [0, 0.05) is 16.1 Å². The molecule has 1 aromatic carbocycles. The van der Waals surface area contributed by atoms with Gasteiger partial charge in [-0.2, -0.15) is 0 Å². The summed E-state index contributed by atoms with van der Waals surface area (Å²) in [5.74, 6) is 0.0428. The van der Waals surface area contributed by atoms with E-state index in [0.29, 0.717) is 17.1 Å². The Hall–Kier alpha value is -0.870. The second-order valence-corrected chi connectivity index (χ2v) is 8.47. The topological polar surface area (TPSA) is 46.2 Å². The third-order valence-corrected chi connectivity index (χ3v) is 7.64. The van der Waals surface area contributed by atoms with Gasteiger partial charge in [-0.1, -0.05) is 54.4 Å². The Morgan fingerprint density at radius 1 is 1.32 bits per heavy atom. The molecule has 2 fully saturated rings. The monoisotopic (exact) mass is 383 g/mol. The molecule has 3 nitrogen and oxygen atoms in total. The van der Waals surface area contributed by atoms with Crippen molar-refractivity contribution in [2.75, 3.05) is 5.32 Å². The number of carbonyl (C=O) groups excluding carboxylic acids is 2. The minimum absolute atomic E-state index is 0.101. The molecule has 2 aliphatic carbocycles. The third-order valence-electron chi connectivity index (χ3n) is 6.21. The summed E-state index contributed by atoms with van der Waals surface area (Å²) in [6.07, 6.45) is 1.47. The number of benzene rings is 1. The van der Waals surface area contributed by atoms with Gasteiger partial charge in [0.15, 0.2) is 5.78 Å². The molecule has 1 aromatic rings. The van der Waals surface area contributed by atoms with E-state index in [-0.39, 0.29) is 11.7 Å². The summed E-state index contributed by atoms with van der Waals surface area (Å²) in [5.41, 5.74) is -0.905. The van der Waals surface area contributed by atoms with Gasteiger partial charge in [0.05, 0.1) is 10.2 Å². The normalized spacial score (nSPS) is 35.7. The lowest BCUT2D eigenvalue weighted by molar-refractivity contribution is -0.130. The molecule has 5 heteroatoms. The second-order valence-electron chi connectivity index (χ2n) is 7.12. The molecule has 3 atom stereocenters. The van der Waals surface area contributed by atoms with E-state index < -0.39 is 21.1 Å². The SMILES string of the molecule is CC1(C)[C@]2(C(=O)Nc3cccc(Cl)c3)CC[C@]1(C)C(=O)[C@H]2Br. The first-order valence-electron chi connectivity index (χ1n) is 7.42. The molecule has 0 heterocycles. The van der Waals surface area contributed by atoms with Crippen molar-refractivity contribution in [3.8, 4) is 0 Å². The third kappa shape index (κ3) is 1.74. The first kappa shape index (κ1) is 16.0. The van der Waals surface area contributed by atoms with Crippen LogP contribution in [0.2, 0.25) is 5.02 Å². The van der Waals surface area contributed by atoms with E-state index in [1.54, 1.807) is 18.2 Å². The van der Waals surface area contributed by atoms with Crippen LogP contribution in [-0.2, 0) is 9.59 Å². The van der Waals surface area contributed by atoms with Crippen molar-refractivity contribution in [3.05, 3.63) is 29.3 Å². The van der Waals surface area contributed by atoms with Crippen molar-refractivity contribution in [1.82, 2.24) is 0 Å². The Labute approximate surface area is 143 Å². The Morgan fingerprint density at radius 3 is 2.55 bits per heavy atom. The average Bonchev–Trinajstić information content (AvgIpc) is 2.71. The molecule has 118 valence electrons.